The Hall–Kier alpha value is -3.20. The van der Waals surface area contributed by atoms with Crippen molar-refractivity contribution >= 4 is 29.0 Å². The van der Waals surface area contributed by atoms with Crippen molar-refractivity contribution < 1.29 is 18.4 Å². The molecule has 0 fully saturated rings. The third-order valence-corrected chi connectivity index (χ3v) is 4.59. The molecule has 156 valence electrons. The lowest BCUT2D eigenvalue weighted by molar-refractivity contribution is -0.124. The van der Waals surface area contributed by atoms with Gasteiger partial charge in [0.25, 0.3) is 5.91 Å². The van der Waals surface area contributed by atoms with Gasteiger partial charge in [-0.15, -0.1) is 5.10 Å². The van der Waals surface area contributed by atoms with Crippen LogP contribution in [0.5, 0.6) is 0 Å². The summed E-state index contributed by atoms with van der Waals surface area (Å²) in [6.07, 6.45) is 0. The van der Waals surface area contributed by atoms with E-state index >= 15 is 0 Å². The molecule has 0 saturated carbocycles. The van der Waals surface area contributed by atoms with Gasteiger partial charge in [-0.05, 0) is 56.6 Å². The number of halogens is 2. The molecular weight excluding hydrogens is 410 g/mol. The van der Waals surface area contributed by atoms with E-state index in [1.807, 2.05) is 0 Å². The summed E-state index contributed by atoms with van der Waals surface area (Å²) < 4.78 is 32.5. The third kappa shape index (κ3) is 4.85. The molecular formula is C21H20F2N4O2S. The number of nitrogens with one attached hydrogen (secondary N) is 1. The molecule has 0 aliphatic heterocycles. The SMILES string of the molecule is CC(C)(C)NC(=O)C(c1ccccc1F)N(C(=O)c1csnn1)c1cccc(F)c1. The molecule has 9 heteroatoms. The summed E-state index contributed by atoms with van der Waals surface area (Å²) in [7, 11) is 0. The predicted molar refractivity (Wildman–Crippen MR) is 110 cm³/mol. The predicted octanol–water partition coefficient (Wildman–Crippen LogP) is 4.12. The van der Waals surface area contributed by atoms with Crippen LogP contribution >= 0.6 is 11.5 Å². The summed E-state index contributed by atoms with van der Waals surface area (Å²) in [6, 6.07) is 9.46. The smallest absolute Gasteiger partial charge is 0.280 e. The van der Waals surface area contributed by atoms with Gasteiger partial charge < -0.3 is 5.32 Å². The lowest BCUT2D eigenvalue weighted by Gasteiger charge is -2.33. The van der Waals surface area contributed by atoms with Gasteiger partial charge in [-0.2, -0.15) is 0 Å². The first-order chi connectivity index (χ1) is 14.2. The van der Waals surface area contributed by atoms with E-state index in [0.717, 1.165) is 22.5 Å². The second-order valence-electron chi connectivity index (χ2n) is 7.61. The second kappa shape index (κ2) is 8.66. The Morgan fingerprint density at radius 1 is 1.10 bits per heavy atom. The number of carbonyl (C=O) groups excluding carboxylic acids is 2. The van der Waals surface area contributed by atoms with Crippen molar-refractivity contribution in [1.29, 1.82) is 0 Å². The highest BCUT2D eigenvalue weighted by Gasteiger charge is 2.37. The first-order valence-electron chi connectivity index (χ1n) is 9.10. The fraction of sp³-hybridized carbons (Fsp3) is 0.238. The molecule has 0 aliphatic rings. The maximum Gasteiger partial charge on any atom is 0.280 e. The van der Waals surface area contributed by atoms with Crippen molar-refractivity contribution in [3.05, 3.63) is 76.8 Å². The normalized spacial score (nSPS) is 12.3. The number of benzene rings is 2. The molecule has 0 aliphatic carbocycles. The van der Waals surface area contributed by atoms with Crippen LogP contribution in [0.25, 0.3) is 0 Å². The van der Waals surface area contributed by atoms with Crippen molar-refractivity contribution in [2.24, 2.45) is 0 Å². The summed E-state index contributed by atoms with van der Waals surface area (Å²) in [4.78, 5) is 27.6. The molecule has 30 heavy (non-hydrogen) atoms. The van der Waals surface area contributed by atoms with Crippen LogP contribution in [-0.4, -0.2) is 26.9 Å². The highest BCUT2D eigenvalue weighted by molar-refractivity contribution is 7.03. The van der Waals surface area contributed by atoms with Crippen molar-refractivity contribution in [1.82, 2.24) is 14.9 Å². The Kier molecular flexibility index (Phi) is 6.21. The molecule has 1 aromatic heterocycles. The van der Waals surface area contributed by atoms with Crippen LogP contribution in [0, 0.1) is 11.6 Å². The Labute approximate surface area is 176 Å². The number of nitrogens with zero attached hydrogens (tertiary/aromatic N) is 3. The molecule has 1 heterocycles. The second-order valence-corrected chi connectivity index (χ2v) is 8.22. The zero-order valence-electron chi connectivity index (χ0n) is 16.6. The van der Waals surface area contributed by atoms with Crippen LogP contribution in [0.4, 0.5) is 14.5 Å². The van der Waals surface area contributed by atoms with Crippen LogP contribution in [0.3, 0.4) is 0 Å². The Morgan fingerprint density at radius 2 is 1.83 bits per heavy atom. The van der Waals surface area contributed by atoms with Crippen LogP contribution in [0.15, 0.2) is 53.9 Å². The third-order valence-electron chi connectivity index (χ3n) is 4.09. The molecule has 0 saturated heterocycles. The van der Waals surface area contributed by atoms with Gasteiger partial charge in [0, 0.05) is 22.2 Å². The van der Waals surface area contributed by atoms with Crippen LogP contribution in [-0.2, 0) is 4.79 Å². The lowest BCUT2D eigenvalue weighted by atomic mass is 10.00. The largest absolute Gasteiger partial charge is 0.349 e. The maximum absolute atomic E-state index is 14.8. The summed E-state index contributed by atoms with van der Waals surface area (Å²) in [5.41, 5.74) is -0.626. The first-order valence-corrected chi connectivity index (χ1v) is 9.93. The molecule has 3 rings (SSSR count). The quantitative estimate of drug-likeness (QED) is 0.661. The molecule has 2 amide bonds. The Bertz CT molecular complexity index is 1050. The fourth-order valence-electron chi connectivity index (χ4n) is 2.92. The minimum absolute atomic E-state index is 0.0277. The number of carbonyl (C=O) groups is 2. The van der Waals surface area contributed by atoms with Crippen LogP contribution in [0.2, 0.25) is 0 Å². The summed E-state index contributed by atoms with van der Waals surface area (Å²) >= 11 is 0.955. The molecule has 0 radical (unpaired) electrons. The fourth-order valence-corrected chi connectivity index (χ4v) is 3.35. The van der Waals surface area contributed by atoms with Gasteiger partial charge in [-0.25, -0.2) is 8.78 Å². The lowest BCUT2D eigenvalue weighted by Crippen LogP contribution is -2.49. The number of rotatable bonds is 5. The average molecular weight is 430 g/mol. The van der Waals surface area contributed by atoms with Gasteiger partial charge in [0.2, 0.25) is 5.91 Å². The number of anilines is 1. The van der Waals surface area contributed by atoms with E-state index in [1.165, 1.54) is 41.8 Å². The molecule has 3 aromatic rings. The van der Waals surface area contributed by atoms with Crippen molar-refractivity contribution in [2.45, 2.75) is 32.4 Å². The Morgan fingerprint density at radius 3 is 2.43 bits per heavy atom. The topological polar surface area (TPSA) is 75.2 Å². The summed E-state index contributed by atoms with van der Waals surface area (Å²) in [5.74, 6) is -2.59. The Balaban J connectivity index is 2.21. The van der Waals surface area contributed by atoms with Gasteiger partial charge in [0.1, 0.15) is 17.7 Å². The van der Waals surface area contributed by atoms with Crippen LogP contribution in [0.1, 0.15) is 42.9 Å². The standard InChI is InChI=1S/C21H20F2N4O2S/c1-21(2,3)24-19(28)18(15-9-4-5-10-16(15)23)27(14-8-6-7-13(22)11-14)20(29)17-12-30-26-25-17/h4-12,18H,1-3H3,(H,24,28). The van der Waals surface area contributed by atoms with Gasteiger partial charge in [-0.1, -0.05) is 28.8 Å². The zero-order chi connectivity index (χ0) is 21.9. The molecule has 1 unspecified atom stereocenters. The van der Waals surface area contributed by atoms with E-state index in [2.05, 4.69) is 14.9 Å². The maximum atomic E-state index is 14.8. The van der Waals surface area contributed by atoms with Crippen molar-refractivity contribution in [3.8, 4) is 0 Å². The number of aromatic nitrogens is 2. The van der Waals surface area contributed by atoms with E-state index in [9.17, 15) is 18.4 Å². The highest BCUT2D eigenvalue weighted by Crippen LogP contribution is 2.32. The minimum atomic E-state index is -1.40. The molecule has 2 aromatic carbocycles. The summed E-state index contributed by atoms with van der Waals surface area (Å²) in [6.45, 7) is 5.30. The highest BCUT2D eigenvalue weighted by atomic mass is 32.1. The van der Waals surface area contributed by atoms with E-state index in [0.29, 0.717) is 0 Å². The number of hydrogen-bond donors (Lipinski definition) is 1. The van der Waals surface area contributed by atoms with Crippen molar-refractivity contribution in [3.63, 3.8) is 0 Å². The molecule has 1 atom stereocenters. The first kappa shape index (κ1) is 21.5. The van der Waals surface area contributed by atoms with E-state index in [4.69, 9.17) is 0 Å². The van der Waals surface area contributed by atoms with Crippen LogP contribution < -0.4 is 10.2 Å². The summed E-state index contributed by atoms with van der Waals surface area (Å²) in [5, 5.41) is 7.97. The average Bonchev–Trinajstić information content (AvgIpc) is 3.19. The van der Waals surface area contributed by atoms with Crippen molar-refractivity contribution in [2.75, 3.05) is 4.90 Å². The van der Waals surface area contributed by atoms with Gasteiger partial charge in [0.05, 0.1) is 0 Å². The molecule has 0 bridgehead atoms. The molecule has 6 nitrogen and oxygen atoms in total. The number of amides is 2. The number of hydrogen-bond acceptors (Lipinski definition) is 5. The monoisotopic (exact) mass is 430 g/mol. The van der Waals surface area contributed by atoms with Gasteiger partial charge in [0.15, 0.2) is 5.69 Å². The van der Waals surface area contributed by atoms with E-state index < -0.39 is 35.0 Å². The zero-order valence-corrected chi connectivity index (χ0v) is 17.4. The minimum Gasteiger partial charge on any atom is -0.349 e. The molecule has 1 N–H and O–H groups in total. The van der Waals surface area contributed by atoms with E-state index in [1.54, 1.807) is 26.8 Å². The van der Waals surface area contributed by atoms with Gasteiger partial charge >= 0.3 is 0 Å². The van der Waals surface area contributed by atoms with Gasteiger partial charge in [-0.3, -0.25) is 14.5 Å². The molecule has 0 spiro atoms. The van der Waals surface area contributed by atoms with E-state index in [-0.39, 0.29) is 16.9 Å².